The van der Waals surface area contributed by atoms with Gasteiger partial charge in [-0.2, -0.15) is 11.8 Å². The maximum Gasteiger partial charge on any atom is 0.0190 e. The molecule has 1 heteroatoms. The zero-order valence-corrected chi connectivity index (χ0v) is 15.5. The molecule has 124 valence electrons. The van der Waals surface area contributed by atoms with Gasteiger partial charge in [-0.3, -0.25) is 0 Å². The molecule has 23 heavy (non-hydrogen) atoms. The van der Waals surface area contributed by atoms with Crippen LogP contribution in [0.25, 0.3) is 0 Å². The lowest BCUT2D eigenvalue weighted by Gasteiger charge is -2.11. The summed E-state index contributed by atoms with van der Waals surface area (Å²) in [4.78, 5) is 0. The van der Waals surface area contributed by atoms with Crippen molar-refractivity contribution in [2.24, 2.45) is 0 Å². The molecule has 2 rings (SSSR count). The second-order valence-corrected chi connectivity index (χ2v) is 7.22. The van der Waals surface area contributed by atoms with E-state index in [4.69, 9.17) is 0 Å². The van der Waals surface area contributed by atoms with Crippen LogP contribution >= 0.6 is 11.8 Å². The van der Waals surface area contributed by atoms with Crippen molar-refractivity contribution in [2.45, 2.75) is 63.9 Å². The first kappa shape index (κ1) is 18.1. The Hall–Kier alpha value is -1.21. The van der Waals surface area contributed by atoms with Crippen LogP contribution in [0.5, 0.6) is 0 Å². The van der Waals surface area contributed by atoms with Crippen LogP contribution < -0.4 is 0 Å². The van der Waals surface area contributed by atoms with Gasteiger partial charge in [0.05, 0.1) is 0 Å². The van der Waals surface area contributed by atoms with Crippen LogP contribution in [0.1, 0.15) is 61.8 Å². The molecule has 0 spiro atoms. The summed E-state index contributed by atoms with van der Waals surface area (Å²) in [5.74, 6) is 2.25. The molecular weight excluding hydrogens is 296 g/mol. The standard InChI is InChI=1S/C22H30S/c1-3-5-11-19-13-7-9-15-21(19)17-23-18-22-16-10-8-14-20(22)12-6-4-2/h7-10,13-16H,3-6,11-12,17-18H2,1-2H3. The number of unbranched alkanes of at least 4 members (excludes halogenated alkanes) is 2. The molecule has 0 nitrogen and oxygen atoms in total. The molecule has 0 aliphatic heterocycles. The summed E-state index contributed by atoms with van der Waals surface area (Å²) in [6, 6.07) is 17.9. The second-order valence-electron chi connectivity index (χ2n) is 6.24. The van der Waals surface area contributed by atoms with E-state index in [9.17, 15) is 0 Å². The summed E-state index contributed by atoms with van der Waals surface area (Å²) in [5.41, 5.74) is 6.14. The lowest BCUT2D eigenvalue weighted by Crippen LogP contribution is -1.95. The van der Waals surface area contributed by atoms with Crippen LogP contribution in [0.2, 0.25) is 0 Å². The molecule has 0 heterocycles. The normalized spacial score (nSPS) is 10.9. The SMILES string of the molecule is CCCCc1ccccc1CSCc1ccccc1CCCC. The quantitative estimate of drug-likeness (QED) is 0.462. The maximum atomic E-state index is 2.31. The highest BCUT2D eigenvalue weighted by molar-refractivity contribution is 7.97. The minimum absolute atomic E-state index is 1.13. The van der Waals surface area contributed by atoms with E-state index < -0.39 is 0 Å². The van der Waals surface area contributed by atoms with Gasteiger partial charge in [0.1, 0.15) is 0 Å². The number of hydrogen-bond donors (Lipinski definition) is 0. The average Bonchev–Trinajstić information content (AvgIpc) is 2.60. The predicted molar refractivity (Wildman–Crippen MR) is 105 cm³/mol. The Labute approximate surface area is 146 Å². The van der Waals surface area contributed by atoms with Crippen LogP contribution in [0.3, 0.4) is 0 Å². The smallest absolute Gasteiger partial charge is 0.0190 e. The topological polar surface area (TPSA) is 0 Å². The van der Waals surface area contributed by atoms with Crippen LogP contribution in [0, 0.1) is 0 Å². The summed E-state index contributed by atoms with van der Waals surface area (Å²) < 4.78 is 0. The van der Waals surface area contributed by atoms with E-state index in [2.05, 4.69) is 74.1 Å². The third-order valence-electron chi connectivity index (χ3n) is 4.35. The Kier molecular flexibility index (Phi) is 8.31. The molecule has 0 radical (unpaired) electrons. The Balaban J connectivity index is 1.92. The van der Waals surface area contributed by atoms with Crippen molar-refractivity contribution in [3.63, 3.8) is 0 Å². The zero-order chi connectivity index (χ0) is 16.3. The van der Waals surface area contributed by atoms with Crippen molar-refractivity contribution in [2.75, 3.05) is 0 Å². The van der Waals surface area contributed by atoms with Gasteiger partial charge in [0.2, 0.25) is 0 Å². The first-order chi connectivity index (χ1) is 11.3. The number of rotatable bonds is 10. The number of thioether (sulfide) groups is 1. The molecule has 0 aliphatic carbocycles. The van der Waals surface area contributed by atoms with Gasteiger partial charge in [-0.05, 0) is 47.9 Å². The van der Waals surface area contributed by atoms with E-state index in [0.717, 1.165) is 11.5 Å². The molecule has 0 atom stereocenters. The molecule has 0 N–H and O–H groups in total. The summed E-state index contributed by atoms with van der Waals surface area (Å²) in [6.45, 7) is 4.54. The molecule has 0 bridgehead atoms. The van der Waals surface area contributed by atoms with E-state index in [1.807, 2.05) is 0 Å². The van der Waals surface area contributed by atoms with Gasteiger partial charge < -0.3 is 0 Å². The highest BCUT2D eigenvalue weighted by Crippen LogP contribution is 2.24. The molecule has 0 saturated heterocycles. The number of hydrogen-bond acceptors (Lipinski definition) is 1. The van der Waals surface area contributed by atoms with Gasteiger partial charge >= 0.3 is 0 Å². The minimum Gasteiger partial charge on any atom is -0.152 e. The van der Waals surface area contributed by atoms with E-state index in [1.165, 1.54) is 49.7 Å². The monoisotopic (exact) mass is 326 g/mol. The second kappa shape index (κ2) is 10.5. The summed E-state index contributed by atoms with van der Waals surface area (Å²) in [6.07, 6.45) is 7.57. The van der Waals surface area contributed by atoms with Gasteiger partial charge in [-0.15, -0.1) is 0 Å². The first-order valence-corrected chi connectivity index (χ1v) is 10.2. The third-order valence-corrected chi connectivity index (χ3v) is 5.38. The van der Waals surface area contributed by atoms with Gasteiger partial charge in [-0.1, -0.05) is 75.2 Å². The molecule has 0 amide bonds. The van der Waals surface area contributed by atoms with Gasteiger partial charge in [0.15, 0.2) is 0 Å². The molecule has 0 unspecified atom stereocenters. The molecule has 2 aromatic carbocycles. The molecule has 0 aromatic heterocycles. The fraction of sp³-hybridized carbons (Fsp3) is 0.455. The largest absolute Gasteiger partial charge is 0.152 e. The van der Waals surface area contributed by atoms with Crippen LogP contribution in [-0.2, 0) is 24.3 Å². The zero-order valence-electron chi connectivity index (χ0n) is 14.7. The van der Waals surface area contributed by atoms with E-state index in [-0.39, 0.29) is 0 Å². The van der Waals surface area contributed by atoms with E-state index in [0.29, 0.717) is 0 Å². The number of aryl methyl sites for hydroxylation is 2. The average molecular weight is 327 g/mol. The minimum atomic E-state index is 1.13. The Morgan fingerprint density at radius 2 is 1.00 bits per heavy atom. The third kappa shape index (κ3) is 6.06. The highest BCUT2D eigenvalue weighted by atomic mass is 32.2. The van der Waals surface area contributed by atoms with Crippen molar-refractivity contribution in [1.82, 2.24) is 0 Å². The van der Waals surface area contributed by atoms with Crippen molar-refractivity contribution < 1.29 is 0 Å². The Morgan fingerprint density at radius 1 is 0.609 bits per heavy atom. The van der Waals surface area contributed by atoms with Gasteiger partial charge in [0.25, 0.3) is 0 Å². The highest BCUT2D eigenvalue weighted by Gasteiger charge is 2.05. The molecule has 2 aromatic rings. The molecular formula is C22H30S. The lowest BCUT2D eigenvalue weighted by molar-refractivity contribution is 0.790. The van der Waals surface area contributed by atoms with Crippen molar-refractivity contribution >= 4 is 11.8 Å². The first-order valence-electron chi connectivity index (χ1n) is 9.06. The summed E-state index contributed by atoms with van der Waals surface area (Å²) in [7, 11) is 0. The Morgan fingerprint density at radius 3 is 1.39 bits per heavy atom. The molecule has 0 fully saturated rings. The fourth-order valence-corrected chi connectivity index (χ4v) is 3.99. The van der Waals surface area contributed by atoms with Crippen LogP contribution in [0.4, 0.5) is 0 Å². The lowest BCUT2D eigenvalue weighted by atomic mass is 10.0. The fourth-order valence-electron chi connectivity index (χ4n) is 2.89. The molecule has 0 saturated carbocycles. The van der Waals surface area contributed by atoms with Gasteiger partial charge in [-0.25, -0.2) is 0 Å². The van der Waals surface area contributed by atoms with Crippen LogP contribution in [0.15, 0.2) is 48.5 Å². The molecule has 0 aliphatic rings. The Bertz CT molecular complexity index is 522. The van der Waals surface area contributed by atoms with Crippen molar-refractivity contribution in [3.8, 4) is 0 Å². The maximum absolute atomic E-state index is 2.31. The van der Waals surface area contributed by atoms with E-state index >= 15 is 0 Å². The van der Waals surface area contributed by atoms with Crippen molar-refractivity contribution in [1.29, 1.82) is 0 Å². The predicted octanol–water partition coefficient (Wildman–Crippen LogP) is 6.81. The van der Waals surface area contributed by atoms with Crippen LogP contribution in [-0.4, -0.2) is 0 Å². The van der Waals surface area contributed by atoms with E-state index in [1.54, 1.807) is 11.1 Å². The summed E-state index contributed by atoms with van der Waals surface area (Å²) in [5, 5.41) is 0. The van der Waals surface area contributed by atoms with Crippen molar-refractivity contribution in [3.05, 3.63) is 70.8 Å². The number of benzene rings is 2. The summed E-state index contributed by atoms with van der Waals surface area (Å²) >= 11 is 2.05. The van der Waals surface area contributed by atoms with Gasteiger partial charge in [0, 0.05) is 11.5 Å².